The maximum Gasteiger partial charge on any atom is 1.00 e. The molecule has 1 aromatic rings. The topological polar surface area (TPSA) is 98.0 Å². The van der Waals surface area contributed by atoms with Crippen LogP contribution in [0.15, 0.2) is 24.3 Å². The molecule has 0 aromatic heterocycles. The van der Waals surface area contributed by atoms with Gasteiger partial charge in [-0.2, -0.15) is 18.2 Å². The third kappa shape index (κ3) is 18.8. The zero-order chi connectivity index (χ0) is 9.61. The molecule has 0 saturated carbocycles. The van der Waals surface area contributed by atoms with Gasteiger partial charge in [0.05, 0.1) is 0 Å². The van der Waals surface area contributed by atoms with Crippen LogP contribution < -0.4 is 29.6 Å². The minimum absolute atomic E-state index is 0. The number of benzene rings is 1. The van der Waals surface area contributed by atoms with E-state index in [9.17, 15) is 0 Å². The van der Waals surface area contributed by atoms with E-state index in [1.807, 2.05) is 0 Å². The van der Waals surface area contributed by atoms with Gasteiger partial charge in [0, 0.05) is 5.75 Å². The van der Waals surface area contributed by atoms with Gasteiger partial charge < -0.3 is 19.8 Å². The maximum absolute atomic E-state index is 8.88. The molecule has 0 aliphatic rings. The molecule has 4 N–H and O–H groups in total. The number of phenols is 1. The van der Waals surface area contributed by atoms with Gasteiger partial charge in [-0.1, -0.05) is 0 Å². The zero-order valence-electron chi connectivity index (χ0n) is 6.95. The fourth-order valence-corrected chi connectivity index (χ4v) is 0.378. The van der Waals surface area contributed by atoms with E-state index in [0.717, 1.165) is 0 Å². The first-order chi connectivity index (χ1) is 5.39. The van der Waals surface area contributed by atoms with Crippen molar-refractivity contribution >= 4 is 7.82 Å². The van der Waals surface area contributed by atoms with Crippen LogP contribution in [0.5, 0.6) is 5.75 Å². The summed E-state index contributed by atoms with van der Waals surface area (Å²) in [5.74, 6) is 0.291. The van der Waals surface area contributed by atoms with E-state index in [2.05, 4.69) is 6.07 Å². The van der Waals surface area contributed by atoms with Gasteiger partial charge in [-0.15, -0.1) is 12.1 Å². The molecule has 13 heavy (non-hydrogen) atoms. The normalized spacial score (nSPS) is 9.15. The Morgan fingerprint density at radius 2 is 1.46 bits per heavy atom. The Labute approximate surface area is 97.6 Å². The summed E-state index contributed by atoms with van der Waals surface area (Å²) in [6.45, 7) is 0. The van der Waals surface area contributed by atoms with Gasteiger partial charge in [-0.05, 0) is 0 Å². The van der Waals surface area contributed by atoms with Crippen molar-refractivity contribution in [3.63, 3.8) is 0 Å². The molecule has 0 spiro atoms. The van der Waals surface area contributed by atoms with Crippen LogP contribution in [-0.2, 0) is 4.57 Å². The second-order valence-electron chi connectivity index (χ2n) is 1.77. The number of hydrogen-bond donors (Lipinski definition) is 4. The van der Waals surface area contributed by atoms with Gasteiger partial charge in [-0.3, -0.25) is 0 Å². The summed E-state index contributed by atoms with van der Waals surface area (Å²) in [5.41, 5.74) is 0. The first kappa shape index (κ1) is 15.6. The number of phenolic OH excluding ortho intramolecular Hbond substituents is 1. The van der Waals surface area contributed by atoms with Crippen molar-refractivity contribution in [2.45, 2.75) is 0 Å². The Balaban J connectivity index is 0. The van der Waals surface area contributed by atoms with E-state index >= 15 is 0 Å². The maximum atomic E-state index is 8.88. The van der Waals surface area contributed by atoms with Gasteiger partial charge in [0.1, 0.15) is 0 Å². The second kappa shape index (κ2) is 7.53. The second-order valence-corrected chi connectivity index (χ2v) is 2.80. The van der Waals surface area contributed by atoms with E-state index < -0.39 is 7.82 Å². The number of hydrogen-bond acceptors (Lipinski definition) is 2. The van der Waals surface area contributed by atoms with Crippen molar-refractivity contribution in [3.8, 4) is 5.75 Å². The molecule has 0 fully saturated rings. The minimum atomic E-state index is -4.64. The third-order valence-corrected chi connectivity index (χ3v) is 0.701. The first-order valence-electron chi connectivity index (χ1n) is 2.83. The van der Waals surface area contributed by atoms with E-state index in [4.69, 9.17) is 24.4 Å². The van der Waals surface area contributed by atoms with Crippen molar-refractivity contribution in [2.24, 2.45) is 0 Å². The summed E-state index contributed by atoms with van der Waals surface area (Å²) in [4.78, 5) is 21.6. The standard InChI is InChI=1S/C6H5O.Na.H3O4P/c7-6-4-2-1-3-5-6;;1-5(2,3)4/h2-5,7H;;(H3,1,2,3,4)/q-1;+1;. The summed E-state index contributed by atoms with van der Waals surface area (Å²) in [6, 6.07) is 9.26. The molecular formula is C6H8NaO5P. The Kier molecular flexibility index (Phi) is 9.03. The molecule has 0 aliphatic heterocycles. The summed E-state index contributed by atoms with van der Waals surface area (Å²) in [7, 11) is -4.64. The molecule has 0 heterocycles. The third-order valence-electron chi connectivity index (χ3n) is 0.701. The van der Waals surface area contributed by atoms with Crippen LogP contribution in [0.1, 0.15) is 0 Å². The Morgan fingerprint density at radius 1 is 1.15 bits per heavy atom. The van der Waals surface area contributed by atoms with Crippen LogP contribution in [0.25, 0.3) is 0 Å². The van der Waals surface area contributed by atoms with E-state index in [0.29, 0.717) is 5.75 Å². The molecule has 0 unspecified atom stereocenters. The fourth-order valence-electron chi connectivity index (χ4n) is 0.378. The summed E-state index contributed by atoms with van der Waals surface area (Å²) in [5, 5.41) is 8.61. The zero-order valence-corrected chi connectivity index (χ0v) is 9.85. The van der Waals surface area contributed by atoms with Crippen molar-refractivity contribution < 1.29 is 53.9 Å². The van der Waals surface area contributed by atoms with Gasteiger partial charge in [0.2, 0.25) is 0 Å². The molecule has 0 radical (unpaired) electrons. The molecule has 0 amide bonds. The van der Waals surface area contributed by atoms with Crippen LogP contribution in [0.3, 0.4) is 0 Å². The van der Waals surface area contributed by atoms with Gasteiger partial charge in [-0.25, -0.2) is 4.57 Å². The summed E-state index contributed by atoms with van der Waals surface area (Å²) in [6.07, 6.45) is 0. The number of phosphoric acid groups is 1. The number of rotatable bonds is 0. The van der Waals surface area contributed by atoms with E-state index in [1.165, 1.54) is 0 Å². The van der Waals surface area contributed by atoms with Gasteiger partial charge >= 0.3 is 37.4 Å². The monoisotopic (exact) mass is 214 g/mol. The molecule has 68 valence electrons. The molecule has 1 rings (SSSR count). The van der Waals surface area contributed by atoms with Crippen LogP contribution in [-0.4, -0.2) is 19.8 Å². The summed E-state index contributed by atoms with van der Waals surface area (Å²) < 4.78 is 8.88. The van der Waals surface area contributed by atoms with Crippen molar-refractivity contribution in [1.82, 2.24) is 0 Å². The Hall–Kier alpha value is 0.130. The first-order valence-corrected chi connectivity index (χ1v) is 4.39. The molecule has 0 saturated heterocycles. The molecule has 1 aromatic carbocycles. The predicted octanol–water partition coefficient (Wildman–Crippen LogP) is -2.73. The van der Waals surface area contributed by atoms with Crippen LogP contribution in [0.2, 0.25) is 0 Å². The van der Waals surface area contributed by atoms with Gasteiger partial charge in [0.25, 0.3) is 0 Å². The molecular weight excluding hydrogens is 206 g/mol. The quantitative estimate of drug-likeness (QED) is 0.213. The molecule has 5 nitrogen and oxygen atoms in total. The van der Waals surface area contributed by atoms with E-state index in [1.54, 1.807) is 24.3 Å². The fraction of sp³-hybridized carbons (Fsp3) is 0. The Morgan fingerprint density at radius 3 is 1.62 bits per heavy atom. The van der Waals surface area contributed by atoms with E-state index in [-0.39, 0.29) is 29.6 Å². The van der Waals surface area contributed by atoms with Crippen molar-refractivity contribution in [1.29, 1.82) is 0 Å². The largest absolute Gasteiger partial charge is 1.00 e. The smallest absolute Gasteiger partial charge is 0.533 e. The van der Waals surface area contributed by atoms with Crippen molar-refractivity contribution in [2.75, 3.05) is 0 Å². The van der Waals surface area contributed by atoms with Gasteiger partial charge in [0.15, 0.2) is 0 Å². The summed E-state index contributed by atoms with van der Waals surface area (Å²) >= 11 is 0. The SMILES string of the molecule is O=P(O)(O)O.Oc1cc[c-]cc1.[Na+]. The van der Waals surface area contributed by atoms with Crippen LogP contribution in [0.4, 0.5) is 0 Å². The van der Waals surface area contributed by atoms with Crippen LogP contribution >= 0.6 is 7.82 Å². The average Bonchev–Trinajstić information content (AvgIpc) is 1.85. The van der Waals surface area contributed by atoms with Crippen molar-refractivity contribution in [3.05, 3.63) is 30.3 Å². The predicted molar refractivity (Wildman–Crippen MR) is 41.2 cm³/mol. The minimum Gasteiger partial charge on any atom is -0.533 e. The molecule has 0 atom stereocenters. The molecule has 7 heteroatoms. The Bertz CT molecular complexity index is 251. The average molecular weight is 214 g/mol. The molecule has 0 bridgehead atoms. The number of aromatic hydroxyl groups is 1. The van der Waals surface area contributed by atoms with Crippen LogP contribution in [0, 0.1) is 6.07 Å². The molecule has 0 aliphatic carbocycles.